The van der Waals surface area contributed by atoms with Gasteiger partial charge in [-0.15, -0.1) is 0 Å². The molecule has 0 saturated heterocycles. The van der Waals surface area contributed by atoms with Crippen molar-refractivity contribution in [3.63, 3.8) is 0 Å². The van der Waals surface area contributed by atoms with E-state index in [4.69, 9.17) is 9.47 Å². The summed E-state index contributed by atoms with van der Waals surface area (Å²) < 4.78 is 50.6. The molecular formula is C35H43F3N2O4. The predicted octanol–water partition coefficient (Wildman–Crippen LogP) is 9.71. The minimum atomic E-state index is -4.65. The maximum Gasteiger partial charge on any atom is 0.425 e. The molecule has 0 N–H and O–H groups in total. The van der Waals surface area contributed by atoms with Crippen molar-refractivity contribution in [1.29, 1.82) is 0 Å². The second kappa shape index (κ2) is 18.1. The number of hydrogen-bond donors (Lipinski definition) is 0. The van der Waals surface area contributed by atoms with Crippen molar-refractivity contribution in [3.05, 3.63) is 77.6 Å². The lowest BCUT2D eigenvalue weighted by molar-refractivity contribution is -0.206. The van der Waals surface area contributed by atoms with Gasteiger partial charge in [-0.05, 0) is 67.6 Å². The molecule has 3 rings (SSSR count). The van der Waals surface area contributed by atoms with Gasteiger partial charge in [-0.1, -0.05) is 83.8 Å². The molecular weight excluding hydrogens is 569 g/mol. The summed E-state index contributed by atoms with van der Waals surface area (Å²) in [5.74, 6) is -0.998. The van der Waals surface area contributed by atoms with Gasteiger partial charge in [-0.3, -0.25) is 0 Å². The maximum absolute atomic E-state index is 13.5. The summed E-state index contributed by atoms with van der Waals surface area (Å²) in [5, 5.41) is 0. The molecule has 1 atom stereocenters. The first-order valence-corrected chi connectivity index (χ1v) is 15.7. The van der Waals surface area contributed by atoms with E-state index in [1.807, 2.05) is 12.4 Å². The number of halogens is 3. The molecule has 0 spiro atoms. The molecule has 6 nitrogen and oxygen atoms in total. The lowest BCUT2D eigenvalue weighted by Crippen LogP contribution is -2.33. The highest BCUT2D eigenvalue weighted by Gasteiger charge is 2.42. The summed E-state index contributed by atoms with van der Waals surface area (Å²) in [5.41, 5.74) is 2.09. The lowest BCUT2D eigenvalue weighted by Gasteiger charge is -2.20. The Hall–Kier alpha value is -3.75. The van der Waals surface area contributed by atoms with Gasteiger partial charge in [0.25, 0.3) is 0 Å². The Morgan fingerprint density at radius 2 is 1.23 bits per heavy atom. The molecule has 9 heteroatoms. The quantitative estimate of drug-likeness (QED) is 0.0808. The van der Waals surface area contributed by atoms with Crippen LogP contribution < -0.4 is 4.74 Å². The first-order chi connectivity index (χ1) is 21.2. The largest absolute Gasteiger partial charge is 0.449 e. The Labute approximate surface area is 258 Å². The van der Waals surface area contributed by atoms with Crippen LogP contribution in [0.2, 0.25) is 0 Å². The normalized spacial score (nSPS) is 12.1. The molecule has 0 saturated carbocycles. The summed E-state index contributed by atoms with van der Waals surface area (Å²) >= 11 is 0. The van der Waals surface area contributed by atoms with Crippen LogP contribution in [-0.2, 0) is 11.2 Å². The highest BCUT2D eigenvalue weighted by Crippen LogP contribution is 2.28. The Balaban J connectivity index is 1.50. The van der Waals surface area contributed by atoms with Gasteiger partial charge in [-0.2, -0.15) is 13.2 Å². The second-order valence-electron chi connectivity index (χ2n) is 11.1. The molecule has 3 aromatic rings. The zero-order chi connectivity index (χ0) is 31.8. The third kappa shape index (κ3) is 11.7. The Morgan fingerprint density at radius 3 is 1.82 bits per heavy atom. The molecule has 0 unspecified atom stereocenters. The van der Waals surface area contributed by atoms with Crippen molar-refractivity contribution in [2.75, 3.05) is 0 Å². The average Bonchev–Trinajstić information content (AvgIpc) is 3.02. The van der Waals surface area contributed by atoms with Crippen molar-refractivity contribution in [1.82, 2.24) is 9.97 Å². The number of aryl methyl sites for hydroxylation is 1. The predicted molar refractivity (Wildman–Crippen MR) is 165 cm³/mol. The number of benzene rings is 2. The van der Waals surface area contributed by atoms with E-state index >= 15 is 0 Å². The van der Waals surface area contributed by atoms with Gasteiger partial charge in [0.2, 0.25) is 0 Å². The van der Waals surface area contributed by atoms with Crippen LogP contribution in [0.1, 0.15) is 117 Å². The number of carbonyl (C=O) groups is 2. The molecule has 0 bridgehead atoms. The third-order valence-electron chi connectivity index (χ3n) is 7.39. The fraction of sp³-hybridized carbons (Fsp3) is 0.486. The van der Waals surface area contributed by atoms with Gasteiger partial charge < -0.3 is 9.47 Å². The topological polar surface area (TPSA) is 78.4 Å². The van der Waals surface area contributed by atoms with Crippen molar-refractivity contribution in [3.8, 4) is 17.1 Å². The van der Waals surface area contributed by atoms with E-state index in [1.165, 1.54) is 49.9 Å². The van der Waals surface area contributed by atoms with Crippen LogP contribution >= 0.6 is 0 Å². The maximum atomic E-state index is 13.5. The van der Waals surface area contributed by atoms with Crippen LogP contribution in [0.5, 0.6) is 5.75 Å². The molecule has 44 heavy (non-hydrogen) atoms. The van der Waals surface area contributed by atoms with E-state index in [0.29, 0.717) is 24.2 Å². The molecule has 0 fully saturated rings. The van der Waals surface area contributed by atoms with Crippen molar-refractivity contribution in [2.24, 2.45) is 0 Å². The minimum absolute atomic E-state index is 0.0612. The summed E-state index contributed by atoms with van der Waals surface area (Å²) in [7, 11) is 0. The Kier molecular flexibility index (Phi) is 14.3. The van der Waals surface area contributed by atoms with E-state index < -0.39 is 24.2 Å². The van der Waals surface area contributed by atoms with E-state index in [-0.39, 0.29) is 17.7 Å². The summed E-state index contributed by atoms with van der Waals surface area (Å²) in [6.45, 7) is 4.27. The summed E-state index contributed by atoms with van der Waals surface area (Å²) in [6, 6.07) is 11.9. The van der Waals surface area contributed by atoms with E-state index in [9.17, 15) is 22.8 Å². The monoisotopic (exact) mass is 612 g/mol. The van der Waals surface area contributed by atoms with Gasteiger partial charge >= 0.3 is 18.1 Å². The van der Waals surface area contributed by atoms with Crippen molar-refractivity contribution in [2.45, 2.75) is 110 Å². The molecule has 1 aromatic heterocycles. The summed E-state index contributed by atoms with van der Waals surface area (Å²) in [4.78, 5) is 34.0. The fourth-order valence-electron chi connectivity index (χ4n) is 4.74. The highest BCUT2D eigenvalue weighted by molar-refractivity contribution is 5.92. The van der Waals surface area contributed by atoms with Gasteiger partial charge in [0.15, 0.2) is 11.9 Å². The smallest absolute Gasteiger partial charge is 0.425 e. The molecule has 0 aliphatic heterocycles. The van der Waals surface area contributed by atoms with Gasteiger partial charge in [0, 0.05) is 18.0 Å². The zero-order valence-corrected chi connectivity index (χ0v) is 25.7. The number of rotatable bonds is 18. The summed E-state index contributed by atoms with van der Waals surface area (Å²) in [6.07, 6.45) is 8.52. The number of alkyl halides is 3. The lowest BCUT2D eigenvalue weighted by atomic mass is 10.1. The number of hydrogen-bond acceptors (Lipinski definition) is 6. The number of carbonyl (C=O) groups excluding carboxylic acids is 2. The van der Waals surface area contributed by atoms with Crippen molar-refractivity contribution >= 4 is 11.9 Å². The number of unbranched alkanes of at least 4 members (excludes halogenated alkanes) is 9. The molecule has 2 aromatic carbocycles. The molecule has 238 valence electrons. The van der Waals surface area contributed by atoms with Crippen LogP contribution in [0.25, 0.3) is 11.4 Å². The van der Waals surface area contributed by atoms with Crippen LogP contribution in [0, 0.1) is 0 Å². The number of nitrogens with zero attached hydrogens (tertiary/aromatic N) is 2. The molecule has 0 aliphatic rings. The Morgan fingerprint density at radius 1 is 0.705 bits per heavy atom. The van der Waals surface area contributed by atoms with Crippen LogP contribution in [0.4, 0.5) is 13.2 Å². The van der Waals surface area contributed by atoms with E-state index in [2.05, 4.69) is 23.8 Å². The standard InChI is InChI=1S/C35H43F3N2O4/c1-3-5-7-9-11-13-15-31(35(36,37)38)44-34(42)29-20-22-30(23-21-29)43-33(41)28-18-16-27(17-19-28)32-39-24-26(25-40-32)14-12-10-8-6-4-2/h16-25,31H,3-15H2,1-2H3/t31-/m1/s1. The van der Waals surface area contributed by atoms with E-state index in [0.717, 1.165) is 49.7 Å². The fourth-order valence-corrected chi connectivity index (χ4v) is 4.74. The molecule has 0 radical (unpaired) electrons. The van der Waals surface area contributed by atoms with Gasteiger partial charge in [0.05, 0.1) is 11.1 Å². The molecule has 1 heterocycles. The second-order valence-corrected chi connectivity index (χ2v) is 11.1. The molecule has 0 aliphatic carbocycles. The number of esters is 2. The van der Waals surface area contributed by atoms with Gasteiger partial charge in [-0.25, -0.2) is 19.6 Å². The number of aromatic nitrogens is 2. The highest BCUT2D eigenvalue weighted by atomic mass is 19.4. The first kappa shape index (κ1) is 34.7. The number of ether oxygens (including phenoxy) is 2. The first-order valence-electron chi connectivity index (χ1n) is 15.7. The van der Waals surface area contributed by atoms with Gasteiger partial charge in [0.1, 0.15) is 5.75 Å². The van der Waals surface area contributed by atoms with E-state index in [1.54, 1.807) is 24.3 Å². The van der Waals surface area contributed by atoms with Crippen LogP contribution in [0.3, 0.4) is 0 Å². The average molecular weight is 613 g/mol. The zero-order valence-electron chi connectivity index (χ0n) is 25.7. The SMILES string of the molecule is CCCCCCCC[C@@H](OC(=O)c1ccc(OC(=O)c2ccc(-c3ncc(CCCCCCC)cn3)cc2)cc1)C(F)(F)F. The Bertz CT molecular complexity index is 1280. The van der Waals surface area contributed by atoms with Crippen LogP contribution in [0.15, 0.2) is 60.9 Å². The minimum Gasteiger partial charge on any atom is -0.449 e. The third-order valence-corrected chi connectivity index (χ3v) is 7.39. The van der Waals surface area contributed by atoms with Crippen molar-refractivity contribution < 1.29 is 32.2 Å². The molecule has 0 amide bonds. The van der Waals surface area contributed by atoms with Crippen LogP contribution in [-0.4, -0.2) is 34.2 Å².